The molecule has 30 heavy (non-hydrogen) atoms. The molecular weight excluding hydrogens is 400 g/mol. The Morgan fingerprint density at radius 2 is 1.90 bits per heavy atom. The second-order valence-corrected chi connectivity index (χ2v) is 10.6. The monoisotopic (exact) mass is 436 g/mol. The third-order valence-electron chi connectivity index (χ3n) is 5.03. The maximum Gasteiger partial charge on any atom is 0.222 e. The van der Waals surface area contributed by atoms with Crippen LogP contribution in [0.5, 0.6) is 0 Å². The number of rotatable bonds is 9. The number of sulfone groups is 1. The molecule has 8 heteroatoms. The highest BCUT2D eigenvalue weighted by molar-refractivity contribution is 7.91. The minimum absolute atomic E-state index is 0.0413. The molecule has 168 valence electrons. The Labute approximate surface area is 181 Å². The van der Waals surface area contributed by atoms with Crippen LogP contribution in [0.3, 0.4) is 0 Å². The number of amides is 1. The minimum Gasteiger partial charge on any atom is -0.357 e. The van der Waals surface area contributed by atoms with Gasteiger partial charge in [0.2, 0.25) is 5.91 Å². The normalized spacial score (nSPS) is 19.5. The lowest BCUT2D eigenvalue weighted by molar-refractivity contribution is -0.121. The van der Waals surface area contributed by atoms with Gasteiger partial charge in [-0.1, -0.05) is 38.1 Å². The lowest BCUT2D eigenvalue weighted by Gasteiger charge is -2.19. The zero-order valence-corrected chi connectivity index (χ0v) is 19.4. The van der Waals surface area contributed by atoms with Crippen molar-refractivity contribution in [2.45, 2.75) is 59.0 Å². The molecule has 0 aromatic heterocycles. The summed E-state index contributed by atoms with van der Waals surface area (Å²) in [4.78, 5) is 16.6. The van der Waals surface area contributed by atoms with Crippen LogP contribution >= 0.6 is 0 Å². The number of hydrogen-bond acceptors (Lipinski definition) is 4. The SMILES string of the molecule is CCNC(=NCCC(=O)NC1CCS(=O)(=O)C1)NC(C)c1ccc(CC(C)C)cc1. The van der Waals surface area contributed by atoms with Crippen molar-refractivity contribution in [2.24, 2.45) is 10.9 Å². The third-order valence-corrected chi connectivity index (χ3v) is 6.80. The van der Waals surface area contributed by atoms with Crippen LogP contribution in [0.25, 0.3) is 0 Å². The van der Waals surface area contributed by atoms with E-state index in [9.17, 15) is 13.2 Å². The first-order valence-corrected chi connectivity index (χ1v) is 12.6. The number of nitrogens with zero attached hydrogens (tertiary/aromatic N) is 1. The summed E-state index contributed by atoms with van der Waals surface area (Å²) in [7, 11) is -2.99. The van der Waals surface area contributed by atoms with Crippen LogP contribution in [-0.2, 0) is 21.1 Å². The summed E-state index contributed by atoms with van der Waals surface area (Å²) in [5.41, 5.74) is 2.51. The van der Waals surface area contributed by atoms with Gasteiger partial charge in [-0.3, -0.25) is 9.79 Å². The fraction of sp³-hybridized carbons (Fsp3) is 0.636. The molecule has 7 nitrogen and oxygen atoms in total. The van der Waals surface area contributed by atoms with E-state index in [0.717, 1.165) is 13.0 Å². The van der Waals surface area contributed by atoms with E-state index in [1.54, 1.807) is 0 Å². The molecule has 1 aliphatic heterocycles. The molecule has 1 saturated heterocycles. The summed E-state index contributed by atoms with van der Waals surface area (Å²) in [6.07, 6.45) is 1.79. The van der Waals surface area contributed by atoms with Gasteiger partial charge >= 0.3 is 0 Å². The average Bonchev–Trinajstić information content (AvgIpc) is 3.00. The molecular formula is C22H36N4O3S. The Bertz CT molecular complexity index is 819. The fourth-order valence-electron chi connectivity index (χ4n) is 3.50. The highest BCUT2D eigenvalue weighted by Gasteiger charge is 2.28. The molecule has 1 aromatic rings. The zero-order valence-electron chi connectivity index (χ0n) is 18.6. The number of hydrogen-bond donors (Lipinski definition) is 3. The van der Waals surface area contributed by atoms with E-state index in [1.165, 1.54) is 11.1 Å². The Morgan fingerprint density at radius 1 is 1.20 bits per heavy atom. The van der Waals surface area contributed by atoms with Gasteiger partial charge in [0.05, 0.1) is 24.1 Å². The Kier molecular flexibility index (Phi) is 9.14. The molecule has 1 amide bonds. The van der Waals surface area contributed by atoms with Crippen LogP contribution in [-0.4, -0.2) is 50.9 Å². The van der Waals surface area contributed by atoms with Crippen molar-refractivity contribution < 1.29 is 13.2 Å². The van der Waals surface area contributed by atoms with Crippen LogP contribution in [0.15, 0.2) is 29.3 Å². The predicted molar refractivity (Wildman–Crippen MR) is 122 cm³/mol. The van der Waals surface area contributed by atoms with E-state index < -0.39 is 9.84 Å². The standard InChI is InChI=1S/C22H36N4O3S/c1-5-23-22(24-12-10-21(27)26-20-11-13-30(28,29)15-20)25-17(4)19-8-6-18(7-9-19)14-16(2)3/h6-9,16-17,20H,5,10-15H2,1-4H3,(H,26,27)(H2,23,24,25). The number of nitrogens with one attached hydrogen (secondary N) is 3. The second kappa shape index (κ2) is 11.3. The number of aliphatic imine (C=N–C) groups is 1. The summed E-state index contributed by atoms with van der Waals surface area (Å²) in [6, 6.07) is 8.44. The Balaban J connectivity index is 1.85. The first-order chi connectivity index (χ1) is 14.2. The quantitative estimate of drug-likeness (QED) is 0.407. The van der Waals surface area contributed by atoms with E-state index in [-0.39, 0.29) is 35.9 Å². The van der Waals surface area contributed by atoms with Gasteiger partial charge in [-0.15, -0.1) is 0 Å². The average molecular weight is 437 g/mol. The van der Waals surface area contributed by atoms with Crippen LogP contribution in [0.2, 0.25) is 0 Å². The molecule has 1 aromatic carbocycles. The highest BCUT2D eigenvalue weighted by Crippen LogP contribution is 2.15. The van der Waals surface area contributed by atoms with Crippen LogP contribution in [0.4, 0.5) is 0 Å². The second-order valence-electron chi connectivity index (χ2n) is 8.38. The van der Waals surface area contributed by atoms with E-state index in [1.807, 2.05) is 6.92 Å². The molecule has 0 aliphatic carbocycles. The molecule has 2 rings (SSSR count). The van der Waals surface area contributed by atoms with Gasteiger partial charge in [0.15, 0.2) is 15.8 Å². The molecule has 2 unspecified atom stereocenters. The molecule has 1 heterocycles. The van der Waals surface area contributed by atoms with Gasteiger partial charge in [-0.2, -0.15) is 0 Å². The maximum atomic E-state index is 12.1. The van der Waals surface area contributed by atoms with E-state index in [4.69, 9.17) is 0 Å². The van der Waals surface area contributed by atoms with Gasteiger partial charge in [0.1, 0.15) is 0 Å². The molecule has 0 spiro atoms. The molecule has 0 saturated carbocycles. The summed E-state index contributed by atoms with van der Waals surface area (Å²) >= 11 is 0. The number of carbonyl (C=O) groups is 1. The highest BCUT2D eigenvalue weighted by atomic mass is 32.2. The van der Waals surface area contributed by atoms with Crippen molar-refractivity contribution in [3.63, 3.8) is 0 Å². The van der Waals surface area contributed by atoms with Crippen molar-refractivity contribution in [1.29, 1.82) is 0 Å². The largest absolute Gasteiger partial charge is 0.357 e. The van der Waals surface area contributed by atoms with Crippen LogP contribution in [0.1, 0.15) is 57.7 Å². The summed E-state index contributed by atoms with van der Waals surface area (Å²) < 4.78 is 23.0. The number of carbonyl (C=O) groups excluding carboxylic acids is 1. The van der Waals surface area contributed by atoms with E-state index in [2.05, 4.69) is 66.0 Å². The molecule has 2 atom stereocenters. The summed E-state index contributed by atoms with van der Waals surface area (Å²) in [6.45, 7) is 9.56. The topological polar surface area (TPSA) is 99.7 Å². The van der Waals surface area contributed by atoms with Crippen molar-refractivity contribution >= 4 is 21.7 Å². The van der Waals surface area contributed by atoms with Crippen LogP contribution in [0, 0.1) is 5.92 Å². The molecule has 0 bridgehead atoms. The van der Waals surface area contributed by atoms with Gasteiger partial charge in [0, 0.05) is 19.0 Å². The fourth-order valence-corrected chi connectivity index (χ4v) is 5.17. The lowest BCUT2D eigenvalue weighted by Crippen LogP contribution is -2.39. The summed E-state index contributed by atoms with van der Waals surface area (Å²) in [5, 5.41) is 9.38. The van der Waals surface area contributed by atoms with Gasteiger partial charge in [0.25, 0.3) is 0 Å². The zero-order chi connectivity index (χ0) is 22.1. The first kappa shape index (κ1) is 24.2. The molecule has 0 radical (unpaired) electrons. The number of benzene rings is 1. The van der Waals surface area contributed by atoms with Crippen molar-refractivity contribution in [3.8, 4) is 0 Å². The Morgan fingerprint density at radius 3 is 2.47 bits per heavy atom. The van der Waals surface area contributed by atoms with Gasteiger partial charge < -0.3 is 16.0 Å². The Hall–Kier alpha value is -2.09. The molecule has 1 aliphatic rings. The first-order valence-electron chi connectivity index (χ1n) is 10.8. The maximum absolute atomic E-state index is 12.1. The molecule has 3 N–H and O–H groups in total. The molecule has 1 fully saturated rings. The van der Waals surface area contributed by atoms with Gasteiger partial charge in [-0.25, -0.2) is 8.42 Å². The van der Waals surface area contributed by atoms with E-state index in [0.29, 0.717) is 24.8 Å². The van der Waals surface area contributed by atoms with E-state index >= 15 is 0 Å². The van der Waals surface area contributed by atoms with Crippen molar-refractivity contribution in [2.75, 3.05) is 24.6 Å². The smallest absolute Gasteiger partial charge is 0.222 e. The van der Waals surface area contributed by atoms with Gasteiger partial charge in [-0.05, 0) is 43.7 Å². The summed E-state index contributed by atoms with van der Waals surface area (Å²) in [5.74, 6) is 1.33. The van der Waals surface area contributed by atoms with Crippen LogP contribution < -0.4 is 16.0 Å². The third kappa shape index (κ3) is 8.34. The minimum atomic E-state index is -2.99. The lowest BCUT2D eigenvalue weighted by atomic mass is 10.00. The van der Waals surface area contributed by atoms with Crippen molar-refractivity contribution in [1.82, 2.24) is 16.0 Å². The number of guanidine groups is 1. The predicted octanol–water partition coefficient (Wildman–Crippen LogP) is 2.19. The van der Waals surface area contributed by atoms with Crippen molar-refractivity contribution in [3.05, 3.63) is 35.4 Å².